The summed E-state index contributed by atoms with van der Waals surface area (Å²) in [5, 5.41) is 28.7. The van der Waals surface area contributed by atoms with Crippen molar-refractivity contribution >= 4 is 5.97 Å². The number of unbranched alkanes of at least 4 members (excludes halogenated alkanes) is 1. The minimum Gasteiger partial charge on any atom is -0.481 e. The lowest BCUT2D eigenvalue weighted by Crippen LogP contribution is -2.17. The van der Waals surface area contributed by atoms with Gasteiger partial charge in [-0.15, -0.1) is 0 Å². The Bertz CT molecular complexity index is 524. The summed E-state index contributed by atoms with van der Waals surface area (Å²) < 4.78 is 0. The topological polar surface area (TPSA) is 77.8 Å². The van der Waals surface area contributed by atoms with Crippen molar-refractivity contribution in [3.05, 3.63) is 23.8 Å². The summed E-state index contributed by atoms with van der Waals surface area (Å²) in [5.41, 5.74) is 1.46. The number of hydrogen-bond donors (Lipinski definition) is 3. The van der Waals surface area contributed by atoms with Gasteiger partial charge >= 0.3 is 5.97 Å². The standard InChI is InChI=1S/C21H32O4/c22-17-9-8-14(11-17)5-3-6-18-19-12-15(4-1-2-7-21(24)25)10-16(19)13-20(18)23/h3,6,10,14,16-20,22-23H,1-2,4-5,7-9,11-13H2,(H,24,25)/t14?,16-,17-,18-,19-,20-/m1/s1. The van der Waals surface area contributed by atoms with Crippen molar-refractivity contribution in [2.24, 2.45) is 23.7 Å². The molecule has 3 rings (SSSR count). The second-order valence-electron chi connectivity index (χ2n) is 8.33. The molecule has 25 heavy (non-hydrogen) atoms. The largest absolute Gasteiger partial charge is 0.481 e. The summed E-state index contributed by atoms with van der Waals surface area (Å²) in [6.07, 6.45) is 15.4. The van der Waals surface area contributed by atoms with Crippen LogP contribution in [0.2, 0.25) is 0 Å². The normalized spacial score (nSPS) is 37.6. The molecular formula is C21H32O4. The molecule has 0 radical (unpaired) electrons. The maximum atomic E-state index is 10.6. The third kappa shape index (κ3) is 4.95. The van der Waals surface area contributed by atoms with E-state index in [1.165, 1.54) is 5.57 Å². The number of rotatable bonds is 8. The van der Waals surface area contributed by atoms with Crippen LogP contribution in [0.1, 0.15) is 64.2 Å². The molecule has 0 bridgehead atoms. The van der Waals surface area contributed by atoms with Gasteiger partial charge in [0.2, 0.25) is 0 Å². The van der Waals surface area contributed by atoms with Crippen LogP contribution < -0.4 is 0 Å². The molecule has 3 N–H and O–H groups in total. The summed E-state index contributed by atoms with van der Waals surface area (Å²) in [6.45, 7) is 0. The number of aliphatic hydroxyl groups is 2. The Morgan fingerprint density at radius 1 is 1.20 bits per heavy atom. The number of aliphatic carboxylic acids is 1. The van der Waals surface area contributed by atoms with Gasteiger partial charge in [0.15, 0.2) is 0 Å². The van der Waals surface area contributed by atoms with Crippen molar-refractivity contribution in [3.63, 3.8) is 0 Å². The average molecular weight is 348 g/mol. The highest BCUT2D eigenvalue weighted by atomic mass is 16.4. The van der Waals surface area contributed by atoms with Gasteiger partial charge in [0.05, 0.1) is 12.2 Å². The fourth-order valence-electron chi connectivity index (χ4n) is 5.11. The molecule has 3 aliphatic carbocycles. The Kier molecular flexibility index (Phi) is 6.34. The average Bonchev–Trinajstić information content (AvgIpc) is 3.20. The van der Waals surface area contributed by atoms with Crippen molar-refractivity contribution < 1.29 is 20.1 Å². The fraction of sp³-hybridized carbons (Fsp3) is 0.762. The second-order valence-corrected chi connectivity index (χ2v) is 8.33. The van der Waals surface area contributed by atoms with Gasteiger partial charge in [-0.3, -0.25) is 4.79 Å². The lowest BCUT2D eigenvalue weighted by atomic mass is 9.88. The molecule has 0 aromatic heterocycles. The SMILES string of the molecule is O=C(O)CCCCC1=C[C@@H]2C[C@@H](O)[C@H](C=CCC3CC[C@@H](O)C3)[C@@H]2C1. The molecule has 0 saturated heterocycles. The van der Waals surface area contributed by atoms with E-state index in [1.54, 1.807) is 0 Å². The van der Waals surface area contributed by atoms with E-state index < -0.39 is 5.97 Å². The van der Waals surface area contributed by atoms with Crippen molar-refractivity contribution in [3.8, 4) is 0 Å². The van der Waals surface area contributed by atoms with Crippen molar-refractivity contribution in [2.75, 3.05) is 0 Å². The van der Waals surface area contributed by atoms with Crippen molar-refractivity contribution in [1.82, 2.24) is 0 Å². The molecule has 0 heterocycles. The van der Waals surface area contributed by atoms with E-state index in [4.69, 9.17) is 5.11 Å². The molecule has 1 unspecified atom stereocenters. The first-order valence-corrected chi connectivity index (χ1v) is 9.97. The number of carboxylic acids is 1. The van der Waals surface area contributed by atoms with Gasteiger partial charge in [0.25, 0.3) is 0 Å². The van der Waals surface area contributed by atoms with Gasteiger partial charge < -0.3 is 15.3 Å². The predicted molar refractivity (Wildman–Crippen MR) is 97.0 cm³/mol. The first kappa shape index (κ1) is 18.7. The Balaban J connectivity index is 1.45. The highest BCUT2D eigenvalue weighted by Gasteiger charge is 2.43. The van der Waals surface area contributed by atoms with Crippen LogP contribution in [-0.4, -0.2) is 33.5 Å². The van der Waals surface area contributed by atoms with Crippen LogP contribution in [0.15, 0.2) is 23.8 Å². The molecule has 0 amide bonds. The number of carboxylic acid groups (broad SMARTS) is 1. The maximum absolute atomic E-state index is 10.6. The van der Waals surface area contributed by atoms with Crippen LogP contribution >= 0.6 is 0 Å². The van der Waals surface area contributed by atoms with E-state index in [0.717, 1.165) is 57.8 Å². The highest BCUT2D eigenvalue weighted by Crippen LogP contribution is 2.48. The monoisotopic (exact) mass is 348 g/mol. The van der Waals surface area contributed by atoms with E-state index in [0.29, 0.717) is 17.8 Å². The summed E-state index contributed by atoms with van der Waals surface area (Å²) in [7, 11) is 0. The van der Waals surface area contributed by atoms with Crippen LogP contribution in [0.4, 0.5) is 0 Å². The van der Waals surface area contributed by atoms with Gasteiger partial charge in [0, 0.05) is 12.3 Å². The molecule has 4 nitrogen and oxygen atoms in total. The molecule has 0 spiro atoms. The lowest BCUT2D eigenvalue weighted by molar-refractivity contribution is -0.137. The molecule has 4 heteroatoms. The summed E-state index contributed by atoms with van der Waals surface area (Å²) in [5.74, 6) is 1.17. The van der Waals surface area contributed by atoms with E-state index in [-0.39, 0.29) is 24.5 Å². The van der Waals surface area contributed by atoms with Gasteiger partial charge in [-0.1, -0.05) is 23.8 Å². The molecule has 0 aliphatic heterocycles. The molecule has 0 aromatic carbocycles. The Labute approximate surface area is 150 Å². The van der Waals surface area contributed by atoms with Crippen LogP contribution in [0, 0.1) is 23.7 Å². The number of hydrogen-bond acceptors (Lipinski definition) is 3. The van der Waals surface area contributed by atoms with E-state index in [9.17, 15) is 15.0 Å². The van der Waals surface area contributed by atoms with Gasteiger partial charge in [-0.2, -0.15) is 0 Å². The van der Waals surface area contributed by atoms with Crippen LogP contribution in [0.3, 0.4) is 0 Å². The number of allylic oxidation sites excluding steroid dienone is 3. The van der Waals surface area contributed by atoms with E-state index in [2.05, 4.69) is 18.2 Å². The molecule has 2 fully saturated rings. The number of fused-ring (bicyclic) bond motifs is 1. The van der Waals surface area contributed by atoms with Gasteiger partial charge in [-0.05, 0) is 75.5 Å². The minimum absolute atomic E-state index is 0.109. The first-order valence-electron chi connectivity index (χ1n) is 9.97. The third-order valence-electron chi connectivity index (χ3n) is 6.43. The van der Waals surface area contributed by atoms with Crippen molar-refractivity contribution in [1.29, 1.82) is 0 Å². The van der Waals surface area contributed by atoms with Gasteiger partial charge in [-0.25, -0.2) is 0 Å². The zero-order chi connectivity index (χ0) is 17.8. The fourth-order valence-corrected chi connectivity index (χ4v) is 5.11. The molecular weight excluding hydrogens is 316 g/mol. The Morgan fingerprint density at radius 3 is 2.76 bits per heavy atom. The van der Waals surface area contributed by atoms with Crippen molar-refractivity contribution in [2.45, 2.75) is 76.4 Å². The predicted octanol–water partition coefficient (Wildman–Crippen LogP) is 3.68. The third-order valence-corrected chi connectivity index (χ3v) is 6.43. The van der Waals surface area contributed by atoms with E-state index >= 15 is 0 Å². The smallest absolute Gasteiger partial charge is 0.303 e. The maximum Gasteiger partial charge on any atom is 0.303 e. The quantitative estimate of drug-likeness (QED) is 0.462. The second kappa shape index (κ2) is 8.50. The molecule has 6 atom stereocenters. The number of aliphatic hydroxyl groups excluding tert-OH is 2. The van der Waals surface area contributed by atoms with Crippen LogP contribution in [-0.2, 0) is 4.79 Å². The highest BCUT2D eigenvalue weighted by molar-refractivity contribution is 5.66. The lowest BCUT2D eigenvalue weighted by Gasteiger charge is -2.18. The minimum atomic E-state index is -0.708. The van der Waals surface area contributed by atoms with Gasteiger partial charge in [0.1, 0.15) is 0 Å². The van der Waals surface area contributed by atoms with Crippen LogP contribution in [0.5, 0.6) is 0 Å². The van der Waals surface area contributed by atoms with E-state index in [1.807, 2.05) is 0 Å². The molecule has 0 aromatic rings. The Morgan fingerprint density at radius 2 is 2.04 bits per heavy atom. The zero-order valence-corrected chi connectivity index (χ0v) is 15.0. The Hall–Kier alpha value is -1.13. The summed E-state index contributed by atoms with van der Waals surface area (Å²) in [4.78, 5) is 10.6. The molecule has 2 saturated carbocycles. The molecule has 140 valence electrons. The molecule has 3 aliphatic rings. The zero-order valence-electron chi connectivity index (χ0n) is 15.0. The first-order chi connectivity index (χ1) is 12.0. The summed E-state index contributed by atoms with van der Waals surface area (Å²) >= 11 is 0. The number of carbonyl (C=O) groups is 1. The summed E-state index contributed by atoms with van der Waals surface area (Å²) in [6, 6.07) is 0. The van der Waals surface area contributed by atoms with Crippen LogP contribution in [0.25, 0.3) is 0 Å².